The van der Waals surface area contributed by atoms with Crippen LogP contribution < -0.4 is 19.5 Å². The summed E-state index contributed by atoms with van der Waals surface area (Å²) in [5.74, 6) is 0.790. The van der Waals surface area contributed by atoms with Crippen LogP contribution in [0, 0.1) is 0 Å². The van der Waals surface area contributed by atoms with Crippen molar-refractivity contribution in [3.8, 4) is 28.7 Å². The van der Waals surface area contributed by atoms with Crippen LogP contribution in [0.1, 0.15) is 41.6 Å². The van der Waals surface area contributed by atoms with Crippen LogP contribution in [0.25, 0.3) is 21.7 Å². The highest BCUT2D eigenvalue weighted by Crippen LogP contribution is 2.38. The summed E-state index contributed by atoms with van der Waals surface area (Å²) in [5.41, 5.74) is -0.146. The number of pyridine rings is 1. The van der Waals surface area contributed by atoms with Crippen molar-refractivity contribution in [2.75, 3.05) is 38.7 Å². The van der Waals surface area contributed by atoms with Crippen LogP contribution >= 0.6 is 0 Å². The van der Waals surface area contributed by atoms with Gasteiger partial charge in [-0.1, -0.05) is 18.6 Å². The fraction of sp³-hybridized carbons (Fsp3) is 0.278. The molecule has 11 heteroatoms. The van der Waals surface area contributed by atoms with Gasteiger partial charge >= 0.3 is 6.18 Å². The van der Waals surface area contributed by atoms with Gasteiger partial charge in [0.1, 0.15) is 17.2 Å². The number of rotatable bonds is 10. The largest absolute Gasteiger partial charge is 0.504 e. The Morgan fingerprint density at radius 3 is 2.55 bits per heavy atom. The number of fused-ring (bicyclic) bond motifs is 2. The number of benzene rings is 4. The van der Waals surface area contributed by atoms with Crippen LogP contribution in [-0.2, 0) is 6.18 Å². The number of nitrogens with zero attached hydrogens (tertiary/aromatic N) is 2. The highest BCUT2D eigenvalue weighted by Gasteiger charge is 2.31. The number of phenols is 1. The second-order valence-electron chi connectivity index (χ2n) is 11.4. The monoisotopic (exact) mass is 645 g/mol. The number of aromatic nitrogens is 1. The van der Waals surface area contributed by atoms with Gasteiger partial charge in [0.05, 0.1) is 30.5 Å². The zero-order chi connectivity index (χ0) is 33.0. The van der Waals surface area contributed by atoms with Crippen LogP contribution in [0.3, 0.4) is 0 Å². The molecule has 1 aliphatic heterocycles. The van der Waals surface area contributed by atoms with Gasteiger partial charge in [-0.15, -0.1) is 0 Å². The predicted molar refractivity (Wildman–Crippen MR) is 174 cm³/mol. The molecule has 1 aromatic heterocycles. The number of methoxy groups -OCH3 is 1. The SMILES string of the molecule is COc1ccc(C(F)(F)F)cc1NC(=O)c1cccc2cc(Oc3ccnc4cc(OCCCN5CCCCC5)c(O)cc34)ccc12. The average Bonchev–Trinajstić information content (AvgIpc) is 3.07. The maximum absolute atomic E-state index is 13.3. The van der Waals surface area contributed by atoms with E-state index in [0.717, 1.165) is 38.2 Å². The number of anilines is 1. The van der Waals surface area contributed by atoms with E-state index in [4.69, 9.17) is 14.2 Å². The van der Waals surface area contributed by atoms with Gasteiger partial charge in [-0.2, -0.15) is 13.2 Å². The molecule has 0 atom stereocenters. The van der Waals surface area contributed by atoms with Gasteiger partial charge in [0, 0.05) is 29.8 Å². The summed E-state index contributed by atoms with van der Waals surface area (Å²) in [6, 6.07) is 18.1. The van der Waals surface area contributed by atoms with Crippen molar-refractivity contribution >= 4 is 33.3 Å². The molecule has 0 radical (unpaired) electrons. The summed E-state index contributed by atoms with van der Waals surface area (Å²) in [4.78, 5) is 20.2. The highest BCUT2D eigenvalue weighted by atomic mass is 19.4. The number of ether oxygens (including phenoxy) is 3. The summed E-state index contributed by atoms with van der Waals surface area (Å²) in [5, 5.41) is 15.1. The second kappa shape index (κ2) is 13.8. The Hall–Kier alpha value is -5.03. The van der Waals surface area contributed by atoms with Gasteiger partial charge in [-0.3, -0.25) is 9.78 Å². The van der Waals surface area contributed by atoms with Crippen molar-refractivity contribution < 1.29 is 37.3 Å². The lowest BCUT2D eigenvalue weighted by molar-refractivity contribution is -0.137. The van der Waals surface area contributed by atoms with E-state index in [-0.39, 0.29) is 22.7 Å². The number of hydrogen-bond acceptors (Lipinski definition) is 7. The Balaban J connectivity index is 1.18. The number of aromatic hydroxyl groups is 1. The molecule has 0 bridgehead atoms. The molecular formula is C36H34F3N3O5. The molecule has 1 fully saturated rings. The van der Waals surface area contributed by atoms with Crippen molar-refractivity contribution in [2.45, 2.75) is 31.9 Å². The fourth-order valence-corrected chi connectivity index (χ4v) is 5.82. The third kappa shape index (κ3) is 7.36. The molecule has 244 valence electrons. The van der Waals surface area contributed by atoms with Crippen molar-refractivity contribution in [3.05, 3.63) is 90.1 Å². The summed E-state index contributed by atoms with van der Waals surface area (Å²) < 4.78 is 57.2. The third-order valence-corrected chi connectivity index (χ3v) is 8.21. The molecular weight excluding hydrogens is 611 g/mol. The van der Waals surface area contributed by atoms with E-state index in [9.17, 15) is 23.1 Å². The maximum Gasteiger partial charge on any atom is 0.416 e. The number of nitrogens with one attached hydrogen (secondary N) is 1. The third-order valence-electron chi connectivity index (χ3n) is 8.21. The minimum Gasteiger partial charge on any atom is -0.504 e. The number of piperidine rings is 1. The minimum absolute atomic E-state index is 0.0140. The maximum atomic E-state index is 13.3. The van der Waals surface area contributed by atoms with Gasteiger partial charge in [-0.05, 0) is 97.7 Å². The molecule has 1 aliphatic rings. The highest BCUT2D eigenvalue weighted by molar-refractivity contribution is 6.13. The number of likely N-dealkylation sites (tertiary alicyclic amines) is 1. The molecule has 0 saturated carbocycles. The van der Waals surface area contributed by atoms with Crippen molar-refractivity contribution in [1.29, 1.82) is 0 Å². The topological polar surface area (TPSA) is 93.2 Å². The molecule has 1 saturated heterocycles. The molecule has 47 heavy (non-hydrogen) atoms. The van der Waals surface area contributed by atoms with Gasteiger partial charge in [0.2, 0.25) is 0 Å². The first-order valence-corrected chi connectivity index (χ1v) is 15.4. The summed E-state index contributed by atoms with van der Waals surface area (Å²) in [6.45, 7) is 3.70. The number of halogens is 3. The minimum atomic E-state index is -4.58. The van der Waals surface area contributed by atoms with Crippen molar-refractivity contribution in [3.63, 3.8) is 0 Å². The van der Waals surface area contributed by atoms with E-state index in [2.05, 4.69) is 15.2 Å². The van der Waals surface area contributed by atoms with Gasteiger partial charge in [0.15, 0.2) is 11.5 Å². The molecule has 1 amide bonds. The number of alkyl halides is 3. The summed E-state index contributed by atoms with van der Waals surface area (Å²) in [7, 11) is 1.32. The Morgan fingerprint density at radius 1 is 0.936 bits per heavy atom. The lowest BCUT2D eigenvalue weighted by Crippen LogP contribution is -2.31. The van der Waals surface area contributed by atoms with E-state index in [1.54, 1.807) is 60.8 Å². The lowest BCUT2D eigenvalue weighted by Gasteiger charge is -2.26. The van der Waals surface area contributed by atoms with Crippen LogP contribution in [0.4, 0.5) is 18.9 Å². The molecule has 5 aromatic rings. The number of amides is 1. The number of carbonyl (C=O) groups is 1. The van der Waals surface area contributed by atoms with E-state index >= 15 is 0 Å². The van der Waals surface area contributed by atoms with Gasteiger partial charge < -0.3 is 29.5 Å². The Kier molecular flexibility index (Phi) is 9.35. The Morgan fingerprint density at radius 2 is 1.77 bits per heavy atom. The van der Waals surface area contributed by atoms with Crippen LogP contribution in [0.2, 0.25) is 0 Å². The summed E-state index contributed by atoms with van der Waals surface area (Å²) in [6.07, 6.45) is 1.66. The number of hydrogen-bond donors (Lipinski definition) is 2. The summed E-state index contributed by atoms with van der Waals surface area (Å²) >= 11 is 0. The fourth-order valence-electron chi connectivity index (χ4n) is 5.82. The molecule has 0 spiro atoms. The van der Waals surface area contributed by atoms with E-state index in [0.29, 0.717) is 45.5 Å². The normalized spacial score (nSPS) is 13.9. The smallest absolute Gasteiger partial charge is 0.416 e. The lowest BCUT2D eigenvalue weighted by atomic mass is 10.0. The standard InChI is InChI=1S/C36H34F3N3O5/c1-45-33-12-9-24(36(37,38)39)20-30(33)41-35(44)27-8-5-7-23-19-25(10-11-26(23)27)47-32-13-14-40-29-22-34(31(43)21-28(29)32)46-18-6-17-42-15-3-2-4-16-42/h5,7-14,19-22,43H,2-4,6,15-18H2,1H3,(H,41,44). The van der Waals surface area contributed by atoms with Gasteiger partial charge in [-0.25, -0.2) is 0 Å². The zero-order valence-electron chi connectivity index (χ0n) is 25.8. The van der Waals surface area contributed by atoms with Crippen molar-refractivity contribution in [2.24, 2.45) is 0 Å². The molecule has 4 aromatic carbocycles. The Labute approximate surface area is 269 Å². The van der Waals surface area contributed by atoms with E-state index in [1.807, 2.05) is 0 Å². The molecule has 8 nitrogen and oxygen atoms in total. The Bertz CT molecular complexity index is 1910. The molecule has 0 aliphatic carbocycles. The molecule has 2 N–H and O–H groups in total. The first-order valence-electron chi connectivity index (χ1n) is 15.4. The number of carbonyl (C=O) groups excluding carboxylic acids is 1. The van der Waals surface area contributed by atoms with E-state index in [1.165, 1.54) is 32.4 Å². The van der Waals surface area contributed by atoms with Crippen LogP contribution in [0.15, 0.2) is 79.0 Å². The van der Waals surface area contributed by atoms with Gasteiger partial charge in [0.25, 0.3) is 5.91 Å². The number of phenolic OH excluding ortho intramolecular Hbond substituents is 1. The quantitative estimate of drug-likeness (QED) is 0.147. The van der Waals surface area contributed by atoms with Crippen molar-refractivity contribution in [1.82, 2.24) is 9.88 Å². The molecule has 2 heterocycles. The van der Waals surface area contributed by atoms with Crippen LogP contribution in [0.5, 0.6) is 28.7 Å². The zero-order valence-corrected chi connectivity index (χ0v) is 25.8. The van der Waals surface area contributed by atoms with E-state index < -0.39 is 17.6 Å². The molecule has 0 unspecified atom stereocenters. The van der Waals surface area contributed by atoms with Crippen LogP contribution in [-0.4, -0.2) is 54.2 Å². The molecule has 6 rings (SSSR count). The predicted octanol–water partition coefficient (Wildman–Crippen LogP) is 8.42. The first-order chi connectivity index (χ1) is 22.7. The first kappa shape index (κ1) is 31.9. The second-order valence-corrected chi connectivity index (χ2v) is 11.4. The average molecular weight is 646 g/mol.